The topological polar surface area (TPSA) is 0 Å². The van der Waals surface area contributed by atoms with Crippen molar-refractivity contribution < 1.29 is 0 Å². The Hall–Kier alpha value is -0.563. The van der Waals surface area contributed by atoms with Crippen LogP contribution in [0.4, 0.5) is 0 Å². The SMILES string of the molecule is Cc1ccc([Si+])c(C)c1. The number of benzene rings is 1. The first-order valence-electron chi connectivity index (χ1n) is 2.99. The van der Waals surface area contributed by atoms with Gasteiger partial charge in [-0.2, -0.15) is 0 Å². The Morgan fingerprint density at radius 1 is 1.22 bits per heavy atom. The smallest absolute Gasteiger partial charge is 0.0562 e. The first kappa shape index (κ1) is 6.56. The van der Waals surface area contributed by atoms with Crippen LogP contribution in [0, 0.1) is 13.8 Å². The van der Waals surface area contributed by atoms with E-state index in [2.05, 4.69) is 42.3 Å². The van der Waals surface area contributed by atoms with E-state index in [0.717, 1.165) is 0 Å². The molecule has 1 aromatic rings. The van der Waals surface area contributed by atoms with Gasteiger partial charge in [-0.15, -0.1) is 0 Å². The van der Waals surface area contributed by atoms with Crippen LogP contribution < -0.4 is 5.19 Å². The molecule has 0 heterocycles. The first-order valence-corrected chi connectivity index (χ1v) is 3.49. The van der Waals surface area contributed by atoms with E-state index in [1.54, 1.807) is 0 Å². The van der Waals surface area contributed by atoms with Crippen LogP contribution in [0.1, 0.15) is 11.1 Å². The summed E-state index contributed by atoms with van der Waals surface area (Å²) < 4.78 is 0. The Labute approximate surface area is 59.3 Å². The third-order valence-electron chi connectivity index (χ3n) is 1.38. The monoisotopic (exact) mass is 133 g/mol. The van der Waals surface area contributed by atoms with Gasteiger partial charge in [0, 0.05) is 0 Å². The predicted octanol–water partition coefficient (Wildman–Crippen LogP) is 1.10. The second-order valence-corrected chi connectivity index (χ2v) is 2.86. The molecule has 0 spiro atoms. The third-order valence-corrected chi connectivity index (χ3v) is 1.94. The summed E-state index contributed by atoms with van der Waals surface area (Å²) in [5.74, 6) is 0. The molecule has 44 valence electrons. The minimum Gasteiger partial charge on any atom is -0.0562 e. The molecule has 0 saturated heterocycles. The molecule has 1 rings (SSSR count). The molecule has 0 nitrogen and oxygen atoms in total. The van der Waals surface area contributed by atoms with E-state index in [1.165, 1.54) is 16.3 Å². The van der Waals surface area contributed by atoms with Gasteiger partial charge in [0.1, 0.15) is 0 Å². The highest BCUT2D eigenvalue weighted by atomic mass is 28.1. The minimum absolute atomic E-state index is 1.18. The summed E-state index contributed by atoms with van der Waals surface area (Å²) in [6.45, 7) is 4.19. The average Bonchev–Trinajstić information content (AvgIpc) is 1.80. The van der Waals surface area contributed by atoms with Gasteiger partial charge < -0.3 is 0 Å². The zero-order valence-corrected chi connectivity index (χ0v) is 6.73. The molecule has 2 radical (unpaired) electrons. The fraction of sp³-hybridized carbons (Fsp3) is 0.250. The lowest BCUT2D eigenvalue weighted by molar-refractivity contribution is 1.41. The van der Waals surface area contributed by atoms with Crippen LogP contribution in [0.15, 0.2) is 18.2 Å². The van der Waals surface area contributed by atoms with Gasteiger partial charge >= 0.3 is 10.2 Å². The normalized spacial score (nSPS) is 9.56. The van der Waals surface area contributed by atoms with Crippen LogP contribution >= 0.6 is 0 Å². The van der Waals surface area contributed by atoms with E-state index >= 15 is 0 Å². The molecule has 1 heteroatoms. The van der Waals surface area contributed by atoms with Gasteiger partial charge in [-0.05, 0) is 25.5 Å². The van der Waals surface area contributed by atoms with Crippen molar-refractivity contribution in [2.45, 2.75) is 13.8 Å². The Balaban J connectivity index is 3.17. The van der Waals surface area contributed by atoms with Crippen LogP contribution in [0.5, 0.6) is 0 Å². The van der Waals surface area contributed by atoms with Gasteiger partial charge in [0.2, 0.25) is 0 Å². The molecule has 0 aliphatic rings. The molecule has 9 heavy (non-hydrogen) atoms. The number of aryl methyl sites for hydroxylation is 2. The fourth-order valence-corrected chi connectivity index (χ4v) is 0.969. The summed E-state index contributed by atoms with van der Waals surface area (Å²) in [5, 5.41) is 1.18. The standard InChI is InChI=1S/C8H9Si/c1-6-3-4-8(9)7(2)5-6/h3-5H,1-2H3/q+1. The molecule has 0 amide bonds. The molecule has 0 N–H and O–H groups in total. The quantitative estimate of drug-likeness (QED) is 0.465. The van der Waals surface area contributed by atoms with Crippen LogP contribution in [-0.2, 0) is 0 Å². The van der Waals surface area contributed by atoms with Crippen LogP contribution in [0.3, 0.4) is 0 Å². The van der Waals surface area contributed by atoms with Crippen molar-refractivity contribution >= 4 is 15.4 Å². The number of hydrogen-bond acceptors (Lipinski definition) is 0. The maximum absolute atomic E-state index is 3.48. The highest BCUT2D eigenvalue weighted by molar-refractivity contribution is 6.33. The van der Waals surface area contributed by atoms with Crippen molar-refractivity contribution in [3.05, 3.63) is 29.3 Å². The molecule has 0 aliphatic heterocycles. The van der Waals surface area contributed by atoms with Crippen molar-refractivity contribution in [3.8, 4) is 0 Å². The average molecular weight is 133 g/mol. The molecule has 1 aromatic carbocycles. The van der Waals surface area contributed by atoms with Crippen molar-refractivity contribution in [1.29, 1.82) is 0 Å². The fourth-order valence-electron chi connectivity index (χ4n) is 0.814. The second-order valence-electron chi connectivity index (χ2n) is 2.32. The molecule has 0 bridgehead atoms. The number of hydrogen-bond donors (Lipinski definition) is 0. The van der Waals surface area contributed by atoms with E-state index in [1.807, 2.05) is 0 Å². The van der Waals surface area contributed by atoms with Crippen LogP contribution in [0.2, 0.25) is 0 Å². The van der Waals surface area contributed by atoms with E-state index in [-0.39, 0.29) is 0 Å². The summed E-state index contributed by atoms with van der Waals surface area (Å²) in [6, 6.07) is 6.32. The van der Waals surface area contributed by atoms with Crippen molar-refractivity contribution in [1.82, 2.24) is 0 Å². The summed E-state index contributed by atoms with van der Waals surface area (Å²) in [6.07, 6.45) is 0. The lowest BCUT2D eigenvalue weighted by Gasteiger charge is -1.91. The molecule has 0 unspecified atom stereocenters. The van der Waals surface area contributed by atoms with Crippen LogP contribution in [0.25, 0.3) is 0 Å². The van der Waals surface area contributed by atoms with Gasteiger partial charge in [-0.3, -0.25) is 0 Å². The van der Waals surface area contributed by atoms with Gasteiger partial charge in [0.15, 0.2) is 5.19 Å². The maximum atomic E-state index is 3.48. The Morgan fingerprint density at radius 3 is 2.33 bits per heavy atom. The number of rotatable bonds is 0. The second kappa shape index (κ2) is 2.36. The predicted molar refractivity (Wildman–Crippen MR) is 41.3 cm³/mol. The third kappa shape index (κ3) is 1.42. The van der Waals surface area contributed by atoms with Gasteiger partial charge in [0.25, 0.3) is 0 Å². The minimum atomic E-state index is 1.18. The molecule has 0 saturated carbocycles. The van der Waals surface area contributed by atoms with E-state index < -0.39 is 0 Å². The van der Waals surface area contributed by atoms with Crippen molar-refractivity contribution in [3.63, 3.8) is 0 Å². The van der Waals surface area contributed by atoms with E-state index in [4.69, 9.17) is 0 Å². The van der Waals surface area contributed by atoms with Gasteiger partial charge in [-0.1, -0.05) is 17.7 Å². The van der Waals surface area contributed by atoms with E-state index in [9.17, 15) is 0 Å². The van der Waals surface area contributed by atoms with Crippen molar-refractivity contribution in [2.75, 3.05) is 0 Å². The van der Waals surface area contributed by atoms with Gasteiger partial charge in [-0.25, -0.2) is 0 Å². The summed E-state index contributed by atoms with van der Waals surface area (Å²) in [4.78, 5) is 0. The lowest BCUT2D eigenvalue weighted by atomic mass is 10.2. The maximum Gasteiger partial charge on any atom is 0.754 e. The van der Waals surface area contributed by atoms with Crippen LogP contribution in [-0.4, -0.2) is 10.2 Å². The van der Waals surface area contributed by atoms with E-state index in [0.29, 0.717) is 0 Å². The lowest BCUT2D eigenvalue weighted by Crippen LogP contribution is -2.05. The Bertz CT molecular complexity index is 216. The Morgan fingerprint density at radius 2 is 1.89 bits per heavy atom. The summed E-state index contributed by atoms with van der Waals surface area (Å²) in [7, 11) is 3.48. The zero-order chi connectivity index (χ0) is 6.85. The molecular weight excluding hydrogens is 124 g/mol. The molecule has 0 atom stereocenters. The first-order chi connectivity index (χ1) is 4.20. The molecule has 0 fully saturated rings. The van der Waals surface area contributed by atoms with Gasteiger partial charge in [0.05, 0.1) is 0 Å². The molecule has 0 aromatic heterocycles. The highest BCUT2D eigenvalue weighted by Gasteiger charge is 2.03. The summed E-state index contributed by atoms with van der Waals surface area (Å²) >= 11 is 0. The molecule has 0 aliphatic carbocycles. The zero-order valence-electron chi connectivity index (χ0n) is 5.73. The molecular formula is C8H9Si+. The largest absolute Gasteiger partial charge is 0.754 e. The Kier molecular flexibility index (Phi) is 1.72. The summed E-state index contributed by atoms with van der Waals surface area (Å²) in [5.41, 5.74) is 2.61. The van der Waals surface area contributed by atoms with Crippen molar-refractivity contribution in [2.24, 2.45) is 0 Å². The highest BCUT2D eigenvalue weighted by Crippen LogP contribution is 1.97.